The summed E-state index contributed by atoms with van der Waals surface area (Å²) < 4.78 is 15.3. The first-order valence-corrected chi connectivity index (χ1v) is 4.46. The van der Waals surface area contributed by atoms with E-state index in [2.05, 4.69) is 0 Å². The molecule has 2 aromatic rings. The van der Waals surface area contributed by atoms with E-state index in [0.29, 0.717) is 5.52 Å². The van der Waals surface area contributed by atoms with Crippen molar-refractivity contribution in [2.45, 2.75) is 13.3 Å². The topological polar surface area (TPSA) is 4.93 Å². The van der Waals surface area contributed by atoms with E-state index < -0.39 is 0 Å². The SMILES string of the molecule is CCc1cc(F)c2c(ccn2C)c1. The molecule has 1 aromatic heterocycles. The van der Waals surface area contributed by atoms with Gasteiger partial charge in [-0.1, -0.05) is 6.92 Å². The third-order valence-corrected chi connectivity index (χ3v) is 2.39. The van der Waals surface area contributed by atoms with Crippen molar-refractivity contribution in [3.05, 3.63) is 35.8 Å². The van der Waals surface area contributed by atoms with Crippen LogP contribution in [0.25, 0.3) is 10.9 Å². The van der Waals surface area contributed by atoms with Gasteiger partial charge in [-0.15, -0.1) is 0 Å². The van der Waals surface area contributed by atoms with Crippen LogP contribution in [0, 0.1) is 5.82 Å². The molecule has 1 nitrogen and oxygen atoms in total. The van der Waals surface area contributed by atoms with Gasteiger partial charge in [0, 0.05) is 18.6 Å². The van der Waals surface area contributed by atoms with Crippen molar-refractivity contribution in [3.8, 4) is 0 Å². The van der Waals surface area contributed by atoms with E-state index >= 15 is 0 Å². The number of hydrogen-bond acceptors (Lipinski definition) is 0. The molecule has 0 aliphatic carbocycles. The standard InChI is InChI=1S/C11H12FN/c1-3-8-6-9-4-5-13(2)11(9)10(12)7-8/h4-7H,3H2,1-2H3. The highest BCUT2D eigenvalue weighted by atomic mass is 19.1. The zero-order valence-electron chi connectivity index (χ0n) is 7.84. The molecule has 0 spiro atoms. The van der Waals surface area contributed by atoms with Crippen LogP contribution in [0.4, 0.5) is 4.39 Å². The van der Waals surface area contributed by atoms with Gasteiger partial charge in [0.15, 0.2) is 0 Å². The number of aromatic nitrogens is 1. The molecular formula is C11H12FN. The van der Waals surface area contributed by atoms with Crippen molar-refractivity contribution >= 4 is 10.9 Å². The van der Waals surface area contributed by atoms with Gasteiger partial charge in [0.1, 0.15) is 5.82 Å². The Hall–Kier alpha value is -1.31. The molecule has 2 rings (SSSR count). The van der Waals surface area contributed by atoms with E-state index in [4.69, 9.17) is 0 Å². The molecule has 68 valence electrons. The summed E-state index contributed by atoms with van der Waals surface area (Å²) in [5.74, 6) is -0.123. The second-order valence-electron chi connectivity index (χ2n) is 3.30. The molecule has 0 aliphatic heterocycles. The second kappa shape index (κ2) is 2.87. The van der Waals surface area contributed by atoms with Crippen LogP contribution in [0.2, 0.25) is 0 Å². The average Bonchev–Trinajstić information content (AvgIpc) is 2.48. The number of nitrogens with zero attached hydrogens (tertiary/aromatic N) is 1. The highest BCUT2D eigenvalue weighted by molar-refractivity contribution is 5.81. The number of rotatable bonds is 1. The summed E-state index contributed by atoms with van der Waals surface area (Å²) in [5, 5.41) is 0.986. The smallest absolute Gasteiger partial charge is 0.147 e. The van der Waals surface area contributed by atoms with E-state index in [1.807, 2.05) is 36.9 Å². The van der Waals surface area contributed by atoms with E-state index in [1.165, 1.54) is 0 Å². The van der Waals surface area contributed by atoms with Crippen LogP contribution >= 0.6 is 0 Å². The summed E-state index contributed by atoms with van der Waals surface area (Å²) in [6.45, 7) is 2.03. The molecule has 0 bridgehead atoms. The maximum atomic E-state index is 13.5. The van der Waals surface area contributed by atoms with Gasteiger partial charge in [0.25, 0.3) is 0 Å². The first-order chi connectivity index (χ1) is 6.22. The van der Waals surface area contributed by atoms with Crippen LogP contribution in [0.15, 0.2) is 24.4 Å². The number of aryl methyl sites for hydroxylation is 2. The van der Waals surface area contributed by atoms with Crippen LogP contribution in [0.1, 0.15) is 12.5 Å². The quantitative estimate of drug-likeness (QED) is 0.631. The van der Waals surface area contributed by atoms with Gasteiger partial charge in [-0.05, 0) is 30.2 Å². The summed E-state index contributed by atoms with van der Waals surface area (Å²) >= 11 is 0. The van der Waals surface area contributed by atoms with E-state index in [-0.39, 0.29) is 5.82 Å². The van der Waals surface area contributed by atoms with E-state index in [9.17, 15) is 4.39 Å². The molecule has 0 atom stereocenters. The van der Waals surface area contributed by atoms with Gasteiger partial charge in [-0.25, -0.2) is 4.39 Å². The van der Waals surface area contributed by atoms with E-state index in [1.54, 1.807) is 6.07 Å². The minimum absolute atomic E-state index is 0.123. The van der Waals surface area contributed by atoms with Crippen molar-refractivity contribution < 1.29 is 4.39 Å². The fourth-order valence-electron chi connectivity index (χ4n) is 1.65. The molecule has 0 aliphatic rings. The molecule has 2 heteroatoms. The fraction of sp³-hybridized carbons (Fsp3) is 0.273. The van der Waals surface area contributed by atoms with Crippen molar-refractivity contribution in [1.82, 2.24) is 4.57 Å². The van der Waals surface area contributed by atoms with Crippen molar-refractivity contribution in [2.75, 3.05) is 0 Å². The number of benzene rings is 1. The van der Waals surface area contributed by atoms with Gasteiger partial charge in [0.05, 0.1) is 5.52 Å². The summed E-state index contributed by atoms with van der Waals surface area (Å²) in [6.07, 6.45) is 2.76. The molecule has 0 unspecified atom stereocenters. The maximum absolute atomic E-state index is 13.5. The first kappa shape index (κ1) is 8.30. The minimum atomic E-state index is -0.123. The molecule has 0 saturated carbocycles. The van der Waals surface area contributed by atoms with Crippen LogP contribution in [-0.2, 0) is 13.5 Å². The summed E-state index contributed by atoms with van der Waals surface area (Å²) in [7, 11) is 1.86. The molecule has 1 heterocycles. The largest absolute Gasteiger partial charge is 0.348 e. The van der Waals surface area contributed by atoms with Crippen LogP contribution < -0.4 is 0 Å². The molecule has 0 fully saturated rings. The highest BCUT2D eigenvalue weighted by Gasteiger charge is 2.05. The molecule has 0 radical (unpaired) electrons. The number of hydrogen-bond donors (Lipinski definition) is 0. The van der Waals surface area contributed by atoms with Crippen molar-refractivity contribution in [2.24, 2.45) is 7.05 Å². The van der Waals surface area contributed by atoms with Gasteiger partial charge in [-0.3, -0.25) is 0 Å². The molecule has 0 saturated heterocycles. The van der Waals surface area contributed by atoms with Crippen LogP contribution in [-0.4, -0.2) is 4.57 Å². The third-order valence-electron chi connectivity index (χ3n) is 2.39. The van der Waals surface area contributed by atoms with Crippen LogP contribution in [0.5, 0.6) is 0 Å². The summed E-state index contributed by atoms with van der Waals surface area (Å²) in [4.78, 5) is 0. The molecule has 0 N–H and O–H groups in total. The Kier molecular flexibility index (Phi) is 1.83. The van der Waals surface area contributed by atoms with Crippen molar-refractivity contribution in [1.29, 1.82) is 0 Å². The number of halogens is 1. The predicted octanol–water partition coefficient (Wildman–Crippen LogP) is 2.88. The highest BCUT2D eigenvalue weighted by Crippen LogP contribution is 2.20. The van der Waals surface area contributed by atoms with Crippen LogP contribution in [0.3, 0.4) is 0 Å². The minimum Gasteiger partial charge on any atom is -0.348 e. The zero-order chi connectivity index (χ0) is 9.42. The molecule has 1 aromatic carbocycles. The zero-order valence-corrected chi connectivity index (χ0v) is 7.84. The Bertz CT molecular complexity index is 443. The number of fused-ring (bicyclic) bond motifs is 1. The molecular weight excluding hydrogens is 165 g/mol. The summed E-state index contributed by atoms with van der Waals surface area (Å²) in [5.41, 5.74) is 1.74. The maximum Gasteiger partial charge on any atom is 0.147 e. The third kappa shape index (κ3) is 1.22. The molecule has 13 heavy (non-hydrogen) atoms. The first-order valence-electron chi connectivity index (χ1n) is 4.46. The molecule has 0 amide bonds. The Labute approximate surface area is 76.8 Å². The monoisotopic (exact) mass is 177 g/mol. The summed E-state index contributed by atoms with van der Waals surface area (Å²) in [6, 6.07) is 5.60. The van der Waals surface area contributed by atoms with Gasteiger partial charge in [0.2, 0.25) is 0 Å². The van der Waals surface area contributed by atoms with Crippen molar-refractivity contribution in [3.63, 3.8) is 0 Å². The Morgan fingerprint density at radius 3 is 2.85 bits per heavy atom. The Balaban J connectivity index is 2.79. The lowest BCUT2D eigenvalue weighted by atomic mass is 10.1. The fourth-order valence-corrected chi connectivity index (χ4v) is 1.65. The second-order valence-corrected chi connectivity index (χ2v) is 3.30. The average molecular weight is 177 g/mol. The van der Waals surface area contributed by atoms with Gasteiger partial charge >= 0.3 is 0 Å². The Morgan fingerprint density at radius 1 is 1.38 bits per heavy atom. The lowest BCUT2D eigenvalue weighted by molar-refractivity contribution is 0.630. The lowest BCUT2D eigenvalue weighted by Crippen LogP contribution is -1.90. The lowest BCUT2D eigenvalue weighted by Gasteiger charge is -2.01. The Morgan fingerprint density at radius 2 is 2.15 bits per heavy atom. The predicted molar refractivity (Wildman–Crippen MR) is 52.3 cm³/mol. The van der Waals surface area contributed by atoms with E-state index in [0.717, 1.165) is 17.4 Å². The van der Waals surface area contributed by atoms with Gasteiger partial charge in [-0.2, -0.15) is 0 Å². The normalized spacial score (nSPS) is 11.0. The van der Waals surface area contributed by atoms with Gasteiger partial charge < -0.3 is 4.57 Å².